The Balaban J connectivity index is 2.01. The second-order valence-electron chi connectivity index (χ2n) is 3.94. The van der Waals surface area contributed by atoms with Gasteiger partial charge < -0.3 is 5.32 Å². The van der Waals surface area contributed by atoms with Crippen LogP contribution in [0.4, 0.5) is 0 Å². The second-order valence-corrected chi connectivity index (χ2v) is 5.85. The Morgan fingerprint density at radius 2 is 2.11 bits per heavy atom. The van der Waals surface area contributed by atoms with Gasteiger partial charge >= 0.3 is 0 Å². The van der Waals surface area contributed by atoms with Crippen molar-refractivity contribution >= 4 is 27.3 Å². The summed E-state index contributed by atoms with van der Waals surface area (Å²) >= 11 is 5.16. The van der Waals surface area contributed by atoms with Crippen LogP contribution in [0.5, 0.6) is 0 Å². The Morgan fingerprint density at radius 1 is 1.33 bits per heavy atom. The lowest BCUT2D eigenvalue weighted by atomic mass is 10.0. The van der Waals surface area contributed by atoms with E-state index in [1.165, 1.54) is 4.88 Å². The summed E-state index contributed by atoms with van der Waals surface area (Å²) in [5, 5.41) is 14.4. The fourth-order valence-electron chi connectivity index (χ4n) is 1.75. The Kier molecular flexibility index (Phi) is 4.94. The third kappa shape index (κ3) is 3.67. The van der Waals surface area contributed by atoms with Gasteiger partial charge in [0.1, 0.15) is 0 Å². The van der Waals surface area contributed by atoms with Crippen molar-refractivity contribution in [3.8, 4) is 6.07 Å². The van der Waals surface area contributed by atoms with Crippen LogP contribution >= 0.6 is 27.3 Å². The second kappa shape index (κ2) is 6.69. The summed E-state index contributed by atoms with van der Waals surface area (Å²) in [7, 11) is 0. The summed E-state index contributed by atoms with van der Waals surface area (Å²) in [4.78, 5) is 1.26. The lowest BCUT2D eigenvalue weighted by Crippen LogP contribution is -2.20. The molecule has 0 bridgehead atoms. The summed E-state index contributed by atoms with van der Waals surface area (Å²) in [5.74, 6) is 0. The molecule has 0 saturated carbocycles. The number of hydrogen-bond donors (Lipinski definition) is 1. The van der Waals surface area contributed by atoms with Gasteiger partial charge in [-0.1, -0.05) is 30.3 Å². The van der Waals surface area contributed by atoms with Gasteiger partial charge in [-0.15, -0.1) is 11.3 Å². The summed E-state index contributed by atoms with van der Waals surface area (Å²) < 4.78 is 1.11. The molecule has 18 heavy (non-hydrogen) atoms. The highest BCUT2D eigenvalue weighted by Crippen LogP contribution is 2.21. The fourth-order valence-corrected chi connectivity index (χ4v) is 3.16. The number of rotatable bonds is 5. The Bertz CT molecular complexity index is 530. The van der Waals surface area contributed by atoms with Crippen molar-refractivity contribution in [1.29, 1.82) is 5.26 Å². The van der Waals surface area contributed by atoms with Crippen LogP contribution in [0.15, 0.2) is 46.3 Å². The van der Waals surface area contributed by atoms with Crippen molar-refractivity contribution in [2.24, 2.45) is 0 Å². The van der Waals surface area contributed by atoms with E-state index in [0.717, 1.165) is 16.6 Å². The maximum absolute atomic E-state index is 8.90. The molecule has 1 atom stereocenters. The van der Waals surface area contributed by atoms with Crippen LogP contribution in [0.2, 0.25) is 0 Å². The summed E-state index contributed by atoms with van der Waals surface area (Å²) in [6.45, 7) is 0.789. The van der Waals surface area contributed by atoms with E-state index in [1.807, 2.05) is 18.2 Å². The molecule has 0 spiro atoms. The lowest BCUT2D eigenvalue weighted by Gasteiger charge is -2.15. The van der Waals surface area contributed by atoms with Crippen LogP contribution in [0.3, 0.4) is 0 Å². The van der Waals surface area contributed by atoms with E-state index in [4.69, 9.17) is 5.26 Å². The Morgan fingerprint density at radius 3 is 2.72 bits per heavy atom. The standard InChI is InChI=1S/C14H13BrN2S/c15-12-8-13(18-10-12)9-17-14(6-7-16)11-4-2-1-3-5-11/h1-5,8,10,14,17H,6,9H2. The Labute approximate surface area is 119 Å². The van der Waals surface area contributed by atoms with Crippen LogP contribution < -0.4 is 5.32 Å². The zero-order valence-corrected chi connectivity index (χ0v) is 12.2. The molecule has 0 radical (unpaired) electrons. The molecule has 2 nitrogen and oxygen atoms in total. The molecule has 1 unspecified atom stereocenters. The molecule has 1 aromatic carbocycles. The van der Waals surface area contributed by atoms with Gasteiger partial charge in [0.15, 0.2) is 0 Å². The SMILES string of the molecule is N#CCC(NCc1cc(Br)cs1)c1ccccc1. The van der Waals surface area contributed by atoms with Gasteiger partial charge in [-0.05, 0) is 27.6 Å². The monoisotopic (exact) mass is 320 g/mol. The molecule has 4 heteroatoms. The molecule has 0 saturated heterocycles. The van der Waals surface area contributed by atoms with Gasteiger partial charge in [0.05, 0.1) is 12.5 Å². The van der Waals surface area contributed by atoms with E-state index < -0.39 is 0 Å². The van der Waals surface area contributed by atoms with Crippen molar-refractivity contribution < 1.29 is 0 Å². The fraction of sp³-hybridized carbons (Fsp3) is 0.214. The predicted molar refractivity (Wildman–Crippen MR) is 78.3 cm³/mol. The van der Waals surface area contributed by atoms with E-state index in [0.29, 0.717) is 6.42 Å². The van der Waals surface area contributed by atoms with E-state index >= 15 is 0 Å². The highest BCUT2D eigenvalue weighted by atomic mass is 79.9. The number of nitrogens with zero attached hydrogens (tertiary/aromatic N) is 1. The largest absolute Gasteiger partial charge is 0.304 e. The highest BCUT2D eigenvalue weighted by molar-refractivity contribution is 9.10. The topological polar surface area (TPSA) is 35.8 Å². The number of halogens is 1. The number of thiophene rings is 1. The average Bonchev–Trinajstić information content (AvgIpc) is 2.81. The Hall–Kier alpha value is -1.15. The zero-order valence-electron chi connectivity index (χ0n) is 9.77. The normalized spacial score (nSPS) is 12.0. The molecule has 2 rings (SSSR count). The van der Waals surface area contributed by atoms with Crippen molar-refractivity contribution in [2.45, 2.75) is 19.0 Å². The molecular formula is C14H13BrN2S. The molecule has 0 aliphatic heterocycles. The number of benzene rings is 1. The molecule has 92 valence electrons. The average molecular weight is 321 g/mol. The minimum absolute atomic E-state index is 0.0945. The summed E-state index contributed by atoms with van der Waals surface area (Å²) in [6.07, 6.45) is 0.483. The maximum Gasteiger partial charge on any atom is 0.0641 e. The van der Waals surface area contributed by atoms with E-state index in [-0.39, 0.29) is 6.04 Å². The van der Waals surface area contributed by atoms with Gasteiger partial charge in [0.2, 0.25) is 0 Å². The van der Waals surface area contributed by atoms with Gasteiger partial charge in [-0.2, -0.15) is 5.26 Å². The van der Waals surface area contributed by atoms with Crippen LogP contribution in [-0.2, 0) is 6.54 Å². The van der Waals surface area contributed by atoms with Crippen LogP contribution in [0, 0.1) is 11.3 Å². The quantitative estimate of drug-likeness (QED) is 0.893. The predicted octanol–water partition coefficient (Wildman–Crippen LogP) is 4.26. The summed E-state index contributed by atoms with van der Waals surface area (Å²) in [6, 6.07) is 14.5. The summed E-state index contributed by atoms with van der Waals surface area (Å²) in [5.41, 5.74) is 1.16. The van der Waals surface area contributed by atoms with Gasteiger partial charge in [0.25, 0.3) is 0 Å². The first-order chi connectivity index (χ1) is 8.79. The zero-order chi connectivity index (χ0) is 12.8. The van der Waals surface area contributed by atoms with Crippen molar-refractivity contribution in [3.05, 3.63) is 56.7 Å². The first-order valence-electron chi connectivity index (χ1n) is 5.68. The molecule has 1 aromatic heterocycles. The molecule has 0 fully saturated rings. The number of hydrogen-bond acceptors (Lipinski definition) is 3. The molecular weight excluding hydrogens is 308 g/mol. The number of nitrogens with one attached hydrogen (secondary N) is 1. The minimum Gasteiger partial charge on any atom is -0.304 e. The van der Waals surface area contributed by atoms with Crippen LogP contribution in [0.1, 0.15) is 22.9 Å². The van der Waals surface area contributed by atoms with Crippen LogP contribution in [0.25, 0.3) is 0 Å². The maximum atomic E-state index is 8.90. The smallest absolute Gasteiger partial charge is 0.0641 e. The van der Waals surface area contributed by atoms with Gasteiger partial charge in [-0.25, -0.2) is 0 Å². The van der Waals surface area contributed by atoms with Crippen molar-refractivity contribution in [1.82, 2.24) is 5.32 Å². The third-order valence-electron chi connectivity index (χ3n) is 2.64. The molecule has 0 aliphatic rings. The van der Waals surface area contributed by atoms with Gasteiger partial charge in [-0.3, -0.25) is 0 Å². The molecule has 0 aliphatic carbocycles. The number of nitriles is 1. The molecule has 1 N–H and O–H groups in total. The lowest BCUT2D eigenvalue weighted by molar-refractivity contribution is 0.546. The molecule has 1 heterocycles. The van der Waals surface area contributed by atoms with E-state index in [9.17, 15) is 0 Å². The first kappa shape index (κ1) is 13.3. The van der Waals surface area contributed by atoms with Crippen molar-refractivity contribution in [3.63, 3.8) is 0 Å². The van der Waals surface area contributed by atoms with E-state index in [2.05, 4.69) is 50.9 Å². The van der Waals surface area contributed by atoms with Crippen LogP contribution in [-0.4, -0.2) is 0 Å². The van der Waals surface area contributed by atoms with Crippen molar-refractivity contribution in [2.75, 3.05) is 0 Å². The minimum atomic E-state index is 0.0945. The molecule has 0 amide bonds. The first-order valence-corrected chi connectivity index (χ1v) is 7.35. The van der Waals surface area contributed by atoms with Gasteiger partial charge in [0, 0.05) is 27.3 Å². The third-order valence-corrected chi connectivity index (χ3v) is 4.34. The molecule has 2 aromatic rings. The van der Waals surface area contributed by atoms with E-state index in [1.54, 1.807) is 11.3 Å². The highest BCUT2D eigenvalue weighted by Gasteiger charge is 2.10.